The first-order valence-corrected chi connectivity index (χ1v) is 5.90. The molecule has 0 spiro atoms. The maximum Gasteiger partial charge on any atom is 0.142 e. The van der Waals surface area contributed by atoms with Crippen molar-refractivity contribution in [3.05, 3.63) is 69.2 Å². The molecule has 18 heavy (non-hydrogen) atoms. The number of hydrogen-bond acceptors (Lipinski definition) is 1. The summed E-state index contributed by atoms with van der Waals surface area (Å²) in [7, 11) is 0. The normalized spacial score (nSPS) is 12.5. The number of nitrogens with two attached hydrogens (primary N) is 1. The van der Waals surface area contributed by atoms with E-state index in [-0.39, 0.29) is 15.6 Å². The summed E-state index contributed by atoms with van der Waals surface area (Å²) < 4.78 is 27.0. The van der Waals surface area contributed by atoms with E-state index < -0.39 is 17.7 Å². The molecule has 0 amide bonds. The third-order valence-corrected chi connectivity index (χ3v) is 3.25. The van der Waals surface area contributed by atoms with Gasteiger partial charge in [-0.1, -0.05) is 41.4 Å². The number of benzene rings is 2. The third kappa shape index (κ3) is 2.48. The topological polar surface area (TPSA) is 26.0 Å². The van der Waals surface area contributed by atoms with Crippen molar-refractivity contribution in [2.45, 2.75) is 6.04 Å². The van der Waals surface area contributed by atoms with Gasteiger partial charge in [-0.15, -0.1) is 0 Å². The van der Waals surface area contributed by atoms with Crippen LogP contribution in [0.1, 0.15) is 17.2 Å². The van der Waals surface area contributed by atoms with Crippen molar-refractivity contribution in [1.29, 1.82) is 0 Å². The minimum Gasteiger partial charge on any atom is -0.320 e. The lowest BCUT2D eigenvalue weighted by Gasteiger charge is -2.15. The molecule has 1 unspecified atom stereocenters. The van der Waals surface area contributed by atoms with Crippen LogP contribution in [-0.4, -0.2) is 0 Å². The Morgan fingerprint density at radius 2 is 1.67 bits per heavy atom. The van der Waals surface area contributed by atoms with E-state index in [1.54, 1.807) is 6.07 Å². The fourth-order valence-corrected chi connectivity index (χ4v) is 2.08. The molecule has 0 aliphatic carbocycles. The quantitative estimate of drug-likeness (QED) is 0.875. The van der Waals surface area contributed by atoms with E-state index in [4.69, 9.17) is 28.9 Å². The van der Waals surface area contributed by atoms with E-state index in [1.807, 2.05) is 0 Å². The van der Waals surface area contributed by atoms with Gasteiger partial charge in [0.05, 0.1) is 11.1 Å². The van der Waals surface area contributed by atoms with Gasteiger partial charge in [0.15, 0.2) is 0 Å². The highest BCUT2D eigenvalue weighted by molar-refractivity contribution is 6.31. The van der Waals surface area contributed by atoms with E-state index in [0.29, 0.717) is 5.56 Å². The van der Waals surface area contributed by atoms with Crippen LogP contribution in [0.2, 0.25) is 10.0 Å². The van der Waals surface area contributed by atoms with E-state index in [0.717, 1.165) is 6.07 Å². The molecule has 2 aromatic carbocycles. The molecule has 1 atom stereocenters. The molecule has 0 fully saturated rings. The first-order valence-electron chi connectivity index (χ1n) is 5.15. The van der Waals surface area contributed by atoms with Crippen molar-refractivity contribution >= 4 is 23.2 Å². The van der Waals surface area contributed by atoms with Gasteiger partial charge in [0.25, 0.3) is 0 Å². The van der Waals surface area contributed by atoms with Crippen LogP contribution in [-0.2, 0) is 0 Å². The fourth-order valence-electron chi connectivity index (χ4n) is 1.68. The zero-order chi connectivity index (χ0) is 13.3. The van der Waals surface area contributed by atoms with Crippen LogP contribution in [0.4, 0.5) is 8.78 Å². The van der Waals surface area contributed by atoms with Crippen LogP contribution in [0.3, 0.4) is 0 Å². The molecule has 0 saturated heterocycles. The van der Waals surface area contributed by atoms with Crippen molar-refractivity contribution in [3.63, 3.8) is 0 Å². The van der Waals surface area contributed by atoms with Gasteiger partial charge in [-0.05, 0) is 23.8 Å². The van der Waals surface area contributed by atoms with Crippen LogP contribution in [0.15, 0.2) is 36.4 Å². The van der Waals surface area contributed by atoms with E-state index in [9.17, 15) is 8.78 Å². The predicted octanol–water partition coefficient (Wildman–Crippen LogP) is 4.32. The van der Waals surface area contributed by atoms with Crippen LogP contribution in [0.25, 0.3) is 0 Å². The SMILES string of the molecule is NC(c1ccc(Cl)cc1F)c1cccc(F)c1Cl. The van der Waals surface area contributed by atoms with Crippen LogP contribution in [0.5, 0.6) is 0 Å². The van der Waals surface area contributed by atoms with E-state index >= 15 is 0 Å². The predicted molar refractivity (Wildman–Crippen MR) is 68.9 cm³/mol. The minimum absolute atomic E-state index is 0.0978. The highest BCUT2D eigenvalue weighted by atomic mass is 35.5. The summed E-state index contributed by atoms with van der Waals surface area (Å²) in [6.45, 7) is 0. The maximum absolute atomic E-state index is 13.7. The standard InChI is InChI=1S/C13H9Cl2F2N/c14-7-4-5-8(11(17)6-7)13(18)9-2-1-3-10(16)12(9)15/h1-6,13H,18H2. The lowest BCUT2D eigenvalue weighted by atomic mass is 9.99. The van der Waals surface area contributed by atoms with Crippen molar-refractivity contribution in [2.75, 3.05) is 0 Å². The second-order valence-corrected chi connectivity index (χ2v) is 4.60. The molecule has 2 aromatic rings. The molecule has 0 saturated carbocycles. The second-order valence-electron chi connectivity index (χ2n) is 3.79. The first kappa shape index (κ1) is 13.3. The van der Waals surface area contributed by atoms with Crippen molar-refractivity contribution in [1.82, 2.24) is 0 Å². The van der Waals surface area contributed by atoms with Crippen molar-refractivity contribution < 1.29 is 8.78 Å². The molecule has 0 heterocycles. The molecule has 0 aliphatic rings. The van der Waals surface area contributed by atoms with Gasteiger partial charge >= 0.3 is 0 Å². The Bertz CT molecular complexity index is 587. The Hall–Kier alpha value is -1.16. The number of rotatable bonds is 2. The van der Waals surface area contributed by atoms with Crippen LogP contribution in [0, 0.1) is 11.6 Å². The Morgan fingerprint density at radius 3 is 2.33 bits per heavy atom. The lowest BCUT2D eigenvalue weighted by molar-refractivity contribution is 0.596. The fraction of sp³-hybridized carbons (Fsp3) is 0.0769. The highest BCUT2D eigenvalue weighted by Gasteiger charge is 2.18. The van der Waals surface area contributed by atoms with E-state index in [2.05, 4.69) is 0 Å². The Labute approximate surface area is 113 Å². The van der Waals surface area contributed by atoms with Gasteiger partial charge in [-0.2, -0.15) is 0 Å². The summed E-state index contributed by atoms with van der Waals surface area (Å²) in [5, 5.41) is 0.174. The van der Waals surface area contributed by atoms with Crippen molar-refractivity contribution in [3.8, 4) is 0 Å². The van der Waals surface area contributed by atoms with Gasteiger partial charge < -0.3 is 5.73 Å². The van der Waals surface area contributed by atoms with Crippen LogP contribution >= 0.6 is 23.2 Å². The smallest absolute Gasteiger partial charge is 0.142 e. The zero-order valence-corrected chi connectivity index (χ0v) is 10.6. The molecule has 0 radical (unpaired) electrons. The third-order valence-electron chi connectivity index (χ3n) is 2.61. The molecule has 1 nitrogen and oxygen atoms in total. The van der Waals surface area contributed by atoms with Crippen LogP contribution < -0.4 is 5.73 Å². The summed E-state index contributed by atoms with van der Waals surface area (Å²) in [5.74, 6) is -1.13. The molecule has 0 aliphatic heterocycles. The maximum atomic E-state index is 13.7. The monoisotopic (exact) mass is 287 g/mol. The molecular weight excluding hydrogens is 279 g/mol. The largest absolute Gasteiger partial charge is 0.320 e. The second kappa shape index (κ2) is 5.22. The van der Waals surface area contributed by atoms with E-state index in [1.165, 1.54) is 24.3 Å². The summed E-state index contributed by atoms with van der Waals surface area (Å²) in [5.41, 5.74) is 6.45. The van der Waals surface area contributed by atoms with Gasteiger partial charge in [-0.25, -0.2) is 8.78 Å². The minimum atomic E-state index is -0.842. The Balaban J connectivity index is 2.48. The zero-order valence-electron chi connectivity index (χ0n) is 9.13. The molecule has 0 aromatic heterocycles. The number of halogens is 4. The molecule has 5 heteroatoms. The first-order chi connectivity index (χ1) is 8.50. The molecule has 2 rings (SSSR count). The molecule has 2 N–H and O–H groups in total. The summed E-state index contributed by atoms with van der Waals surface area (Å²) in [4.78, 5) is 0. The lowest BCUT2D eigenvalue weighted by Crippen LogP contribution is -2.14. The van der Waals surface area contributed by atoms with Gasteiger partial charge in [-0.3, -0.25) is 0 Å². The van der Waals surface area contributed by atoms with Crippen molar-refractivity contribution in [2.24, 2.45) is 5.73 Å². The average Bonchev–Trinajstić information content (AvgIpc) is 2.32. The summed E-state index contributed by atoms with van der Waals surface area (Å²) in [6, 6.07) is 7.55. The molecule has 0 bridgehead atoms. The molecular formula is C13H9Cl2F2N. The average molecular weight is 288 g/mol. The van der Waals surface area contributed by atoms with Gasteiger partial charge in [0.2, 0.25) is 0 Å². The summed E-state index contributed by atoms with van der Waals surface area (Å²) in [6.07, 6.45) is 0. The Morgan fingerprint density at radius 1 is 0.944 bits per heavy atom. The summed E-state index contributed by atoms with van der Waals surface area (Å²) >= 11 is 11.5. The van der Waals surface area contributed by atoms with Gasteiger partial charge in [0, 0.05) is 10.6 Å². The highest BCUT2D eigenvalue weighted by Crippen LogP contribution is 2.30. The number of hydrogen-bond donors (Lipinski definition) is 1. The van der Waals surface area contributed by atoms with Gasteiger partial charge in [0.1, 0.15) is 11.6 Å². The molecule has 94 valence electrons. The Kier molecular flexibility index (Phi) is 3.85.